The number of aromatic amines is 1. The molecule has 0 aliphatic carbocycles. The highest BCUT2D eigenvalue weighted by molar-refractivity contribution is 7.89. The van der Waals surface area contributed by atoms with Crippen LogP contribution in [0.3, 0.4) is 0 Å². The predicted octanol–water partition coefficient (Wildman–Crippen LogP) is -1.80. The molecule has 0 aromatic carbocycles. The van der Waals surface area contributed by atoms with E-state index in [-0.39, 0.29) is 6.54 Å². The summed E-state index contributed by atoms with van der Waals surface area (Å²) in [5.74, 6) is 0. The Morgan fingerprint density at radius 1 is 1.50 bits per heavy atom. The van der Waals surface area contributed by atoms with E-state index in [1.165, 1.54) is 0 Å². The van der Waals surface area contributed by atoms with Gasteiger partial charge >= 0.3 is 5.69 Å². The fraction of sp³-hybridized carbons (Fsp3) is 0.333. The number of aryl methyl sites for hydroxylation is 1. The number of nitrogens with two attached hydrogens (primary N) is 1. The number of aromatic nitrogens is 2. The molecule has 0 aliphatic rings. The molecule has 78 valence electrons. The van der Waals surface area contributed by atoms with Crippen molar-refractivity contribution in [3.8, 4) is 0 Å². The molecule has 1 aromatic heterocycles. The highest BCUT2D eigenvalue weighted by Gasteiger charge is 2.14. The minimum Gasteiger partial charge on any atom is -0.300 e. The average molecular weight is 219 g/mol. The fourth-order valence-electron chi connectivity index (χ4n) is 0.927. The van der Waals surface area contributed by atoms with Crippen molar-refractivity contribution in [3.63, 3.8) is 0 Å². The van der Waals surface area contributed by atoms with Crippen LogP contribution in [0.25, 0.3) is 0 Å². The van der Waals surface area contributed by atoms with Gasteiger partial charge in [0.1, 0.15) is 0 Å². The van der Waals surface area contributed by atoms with Gasteiger partial charge in [0.25, 0.3) is 5.56 Å². The van der Waals surface area contributed by atoms with Gasteiger partial charge in [0.2, 0.25) is 10.0 Å². The van der Waals surface area contributed by atoms with Gasteiger partial charge in [0.05, 0.1) is 0 Å². The van der Waals surface area contributed by atoms with Crippen LogP contribution in [-0.2, 0) is 16.6 Å². The molecule has 0 atom stereocenters. The van der Waals surface area contributed by atoms with Gasteiger partial charge < -0.3 is 0 Å². The lowest BCUT2D eigenvalue weighted by Crippen LogP contribution is -2.34. The van der Waals surface area contributed by atoms with E-state index in [1.807, 2.05) is 4.98 Å². The Hall–Kier alpha value is -1.41. The molecule has 0 unspecified atom stereocenters. The smallest absolute Gasteiger partial charge is 0.300 e. The van der Waals surface area contributed by atoms with Crippen LogP contribution in [0, 0.1) is 0 Å². The molecular formula is C6H9N3O4S. The molecule has 0 aliphatic heterocycles. The molecule has 3 N–H and O–H groups in total. The zero-order chi connectivity index (χ0) is 10.9. The van der Waals surface area contributed by atoms with Crippen molar-refractivity contribution in [2.45, 2.75) is 18.4 Å². The Bertz CT molecular complexity index is 553. The number of nitrogens with one attached hydrogen (secondary N) is 1. The number of primary sulfonamides is 1. The molecule has 0 radical (unpaired) electrons. The third-order valence-electron chi connectivity index (χ3n) is 1.63. The van der Waals surface area contributed by atoms with E-state index in [1.54, 1.807) is 6.92 Å². The summed E-state index contributed by atoms with van der Waals surface area (Å²) < 4.78 is 22.8. The first-order valence-corrected chi connectivity index (χ1v) is 5.27. The first kappa shape index (κ1) is 10.7. The zero-order valence-electron chi connectivity index (χ0n) is 7.35. The minimum absolute atomic E-state index is 0.248. The summed E-state index contributed by atoms with van der Waals surface area (Å²) in [4.78, 5) is 23.3. The number of hydrogen-bond donors (Lipinski definition) is 2. The largest absolute Gasteiger partial charge is 0.328 e. The summed E-state index contributed by atoms with van der Waals surface area (Å²) in [7, 11) is -4.09. The maximum absolute atomic E-state index is 11.0. The first-order chi connectivity index (χ1) is 6.36. The van der Waals surface area contributed by atoms with Crippen molar-refractivity contribution in [2.24, 2.45) is 5.14 Å². The van der Waals surface area contributed by atoms with Gasteiger partial charge in [-0.1, -0.05) is 0 Å². The number of hydrogen-bond acceptors (Lipinski definition) is 4. The molecule has 1 aromatic rings. The molecule has 8 heteroatoms. The molecule has 0 spiro atoms. The summed E-state index contributed by atoms with van der Waals surface area (Å²) >= 11 is 0. The lowest BCUT2D eigenvalue weighted by atomic mass is 10.6. The van der Waals surface area contributed by atoms with Gasteiger partial charge in [-0.2, -0.15) is 0 Å². The van der Waals surface area contributed by atoms with E-state index in [4.69, 9.17) is 5.14 Å². The molecular weight excluding hydrogens is 210 g/mol. The lowest BCUT2D eigenvalue weighted by molar-refractivity contribution is 0.590. The molecule has 0 fully saturated rings. The highest BCUT2D eigenvalue weighted by Crippen LogP contribution is 1.94. The molecule has 1 rings (SSSR count). The predicted molar refractivity (Wildman–Crippen MR) is 48.4 cm³/mol. The quantitative estimate of drug-likeness (QED) is 0.610. The zero-order valence-corrected chi connectivity index (χ0v) is 8.17. The highest BCUT2D eigenvalue weighted by atomic mass is 32.2. The van der Waals surface area contributed by atoms with Gasteiger partial charge in [-0.3, -0.25) is 14.3 Å². The number of nitrogens with zero attached hydrogens (tertiary/aromatic N) is 1. The van der Waals surface area contributed by atoms with E-state index in [9.17, 15) is 18.0 Å². The summed E-state index contributed by atoms with van der Waals surface area (Å²) in [6.45, 7) is 1.88. The van der Waals surface area contributed by atoms with Crippen molar-refractivity contribution in [2.75, 3.05) is 0 Å². The van der Waals surface area contributed by atoms with Gasteiger partial charge in [0, 0.05) is 12.7 Å². The second-order valence-electron chi connectivity index (χ2n) is 2.58. The fourth-order valence-corrected chi connectivity index (χ4v) is 1.51. The summed E-state index contributed by atoms with van der Waals surface area (Å²) in [6, 6.07) is 0. The Morgan fingerprint density at radius 3 is 2.50 bits per heavy atom. The van der Waals surface area contributed by atoms with Gasteiger partial charge in [0.15, 0.2) is 4.90 Å². The third kappa shape index (κ3) is 1.91. The topological polar surface area (TPSA) is 115 Å². The van der Waals surface area contributed by atoms with Crippen LogP contribution in [0.15, 0.2) is 20.7 Å². The number of rotatable bonds is 2. The summed E-state index contributed by atoms with van der Waals surface area (Å²) in [6.07, 6.45) is 0.927. The SMILES string of the molecule is CCn1cc(S(N)(=O)=O)c(=O)[nH]c1=O. The van der Waals surface area contributed by atoms with E-state index in [0.29, 0.717) is 0 Å². The molecule has 0 saturated carbocycles. The van der Waals surface area contributed by atoms with Crippen LogP contribution in [0.5, 0.6) is 0 Å². The average Bonchev–Trinajstić information content (AvgIpc) is 2.02. The van der Waals surface area contributed by atoms with E-state index >= 15 is 0 Å². The number of sulfonamides is 1. The summed E-state index contributed by atoms with van der Waals surface area (Å²) in [5.41, 5.74) is -1.66. The first-order valence-electron chi connectivity index (χ1n) is 3.73. The van der Waals surface area contributed by atoms with Crippen LogP contribution in [0.4, 0.5) is 0 Å². The third-order valence-corrected chi connectivity index (χ3v) is 2.53. The van der Waals surface area contributed by atoms with Crippen LogP contribution in [0.1, 0.15) is 6.92 Å². The molecule has 0 saturated heterocycles. The molecule has 0 amide bonds. The Kier molecular flexibility index (Phi) is 2.58. The minimum atomic E-state index is -4.09. The second-order valence-corrected chi connectivity index (χ2v) is 4.11. The van der Waals surface area contributed by atoms with Crippen molar-refractivity contribution in [1.82, 2.24) is 9.55 Å². The molecule has 7 nitrogen and oxygen atoms in total. The summed E-state index contributed by atoms with van der Waals surface area (Å²) in [5, 5.41) is 4.77. The Balaban J connectivity index is 3.64. The second kappa shape index (κ2) is 3.39. The normalized spacial score (nSPS) is 11.6. The molecule has 0 bridgehead atoms. The van der Waals surface area contributed by atoms with Gasteiger partial charge in [-0.05, 0) is 6.92 Å². The van der Waals surface area contributed by atoms with Gasteiger partial charge in [-0.15, -0.1) is 0 Å². The lowest BCUT2D eigenvalue weighted by Gasteiger charge is -2.02. The maximum atomic E-state index is 11.0. The van der Waals surface area contributed by atoms with Crippen LogP contribution >= 0.6 is 0 Å². The van der Waals surface area contributed by atoms with Crippen molar-refractivity contribution < 1.29 is 8.42 Å². The molecule has 1 heterocycles. The van der Waals surface area contributed by atoms with E-state index < -0.39 is 26.2 Å². The monoisotopic (exact) mass is 219 g/mol. The Morgan fingerprint density at radius 2 is 2.07 bits per heavy atom. The van der Waals surface area contributed by atoms with E-state index in [2.05, 4.69) is 0 Å². The number of H-pyrrole nitrogens is 1. The van der Waals surface area contributed by atoms with Gasteiger partial charge in [-0.25, -0.2) is 18.4 Å². The van der Waals surface area contributed by atoms with Crippen LogP contribution < -0.4 is 16.4 Å². The van der Waals surface area contributed by atoms with Crippen molar-refractivity contribution in [3.05, 3.63) is 27.0 Å². The molecule has 14 heavy (non-hydrogen) atoms. The van der Waals surface area contributed by atoms with Crippen LogP contribution in [0.2, 0.25) is 0 Å². The van der Waals surface area contributed by atoms with Crippen molar-refractivity contribution in [1.29, 1.82) is 0 Å². The maximum Gasteiger partial charge on any atom is 0.328 e. The van der Waals surface area contributed by atoms with Crippen molar-refractivity contribution >= 4 is 10.0 Å². The van der Waals surface area contributed by atoms with E-state index in [0.717, 1.165) is 10.8 Å². The Labute approximate surface area is 79.2 Å². The standard InChI is InChI=1S/C6H9N3O4S/c1-2-9-3-4(14(7,12)13)5(10)8-6(9)11/h3H,2H2,1H3,(H2,7,12,13)(H,8,10,11). The van der Waals surface area contributed by atoms with Crippen LogP contribution in [-0.4, -0.2) is 18.0 Å².